The molecule has 1 atom stereocenters. The number of nitrogens with zero attached hydrogens (tertiary/aromatic N) is 1. The smallest absolute Gasteiger partial charge is 0.146 e. The topological polar surface area (TPSA) is 34.1 Å². The molecule has 0 amide bonds. The average molecular weight is 274 g/mol. The largest absolute Gasteiger partial charge is 0.494 e. The maximum absolute atomic E-state index is 13.8. The number of aromatic nitrogens is 1. The quantitative estimate of drug-likeness (QED) is 0.841. The Bertz CT molecular complexity index is 519. The fourth-order valence-electron chi connectivity index (χ4n) is 2.09. The number of hydrogen-bond donors (Lipinski definition) is 1. The molecule has 2 aromatic rings. The molecule has 0 spiro atoms. The summed E-state index contributed by atoms with van der Waals surface area (Å²) in [4.78, 5) is 3.78. The van der Waals surface area contributed by atoms with E-state index in [-0.39, 0.29) is 11.9 Å². The van der Waals surface area contributed by atoms with Crippen molar-refractivity contribution in [2.24, 2.45) is 0 Å². The summed E-state index contributed by atoms with van der Waals surface area (Å²) in [7, 11) is 0. The van der Waals surface area contributed by atoms with Crippen molar-refractivity contribution >= 4 is 0 Å². The van der Waals surface area contributed by atoms with Gasteiger partial charge in [-0.15, -0.1) is 0 Å². The molecule has 20 heavy (non-hydrogen) atoms. The van der Waals surface area contributed by atoms with Crippen molar-refractivity contribution in [1.82, 2.24) is 10.3 Å². The summed E-state index contributed by atoms with van der Waals surface area (Å²) in [6, 6.07) is 11.3. The maximum Gasteiger partial charge on any atom is 0.146 e. The lowest BCUT2D eigenvalue weighted by Gasteiger charge is -2.19. The van der Waals surface area contributed by atoms with E-state index < -0.39 is 0 Å². The van der Waals surface area contributed by atoms with Gasteiger partial charge in [0.25, 0.3) is 0 Å². The lowest BCUT2D eigenvalue weighted by molar-refractivity contribution is 0.285. The van der Waals surface area contributed by atoms with Crippen LogP contribution in [0.5, 0.6) is 5.75 Å². The first-order valence-electron chi connectivity index (χ1n) is 6.82. The molecule has 0 aliphatic carbocycles. The molecule has 1 unspecified atom stereocenters. The Morgan fingerprint density at radius 3 is 2.75 bits per heavy atom. The van der Waals surface area contributed by atoms with Gasteiger partial charge in [-0.1, -0.05) is 25.1 Å². The zero-order chi connectivity index (χ0) is 14.2. The van der Waals surface area contributed by atoms with Crippen LogP contribution in [0.25, 0.3) is 0 Å². The second-order valence-corrected chi connectivity index (χ2v) is 4.46. The van der Waals surface area contributed by atoms with Crippen LogP contribution < -0.4 is 10.1 Å². The molecule has 4 heteroatoms. The molecule has 1 N–H and O–H groups in total. The minimum Gasteiger partial charge on any atom is -0.494 e. The van der Waals surface area contributed by atoms with Crippen molar-refractivity contribution in [3.8, 4) is 5.75 Å². The molecule has 0 aliphatic heterocycles. The number of rotatable bonds is 7. The van der Waals surface area contributed by atoms with E-state index in [0.717, 1.165) is 12.3 Å². The molecule has 0 radical (unpaired) electrons. The van der Waals surface area contributed by atoms with Crippen LogP contribution in [0.15, 0.2) is 48.8 Å². The zero-order valence-electron chi connectivity index (χ0n) is 11.6. The molecule has 3 nitrogen and oxygen atoms in total. The van der Waals surface area contributed by atoms with E-state index in [2.05, 4.69) is 10.3 Å². The van der Waals surface area contributed by atoms with Crippen LogP contribution in [-0.4, -0.2) is 18.1 Å². The predicted molar refractivity (Wildman–Crippen MR) is 77.2 cm³/mol. The van der Waals surface area contributed by atoms with Gasteiger partial charge in [0.15, 0.2) is 0 Å². The fraction of sp³-hybridized carbons (Fsp3) is 0.312. The summed E-state index contributed by atoms with van der Waals surface area (Å²) in [5.74, 6) is 0.552. The second-order valence-electron chi connectivity index (χ2n) is 4.46. The lowest BCUT2D eigenvalue weighted by atomic mass is 10.1. The van der Waals surface area contributed by atoms with Crippen molar-refractivity contribution in [3.63, 3.8) is 0 Å². The molecular weight excluding hydrogens is 255 g/mol. The van der Waals surface area contributed by atoms with Gasteiger partial charge in [0, 0.05) is 24.2 Å². The first-order valence-corrected chi connectivity index (χ1v) is 6.82. The second kappa shape index (κ2) is 7.60. The molecule has 1 aromatic carbocycles. The molecule has 0 saturated heterocycles. The molecule has 0 fully saturated rings. The third kappa shape index (κ3) is 4.03. The highest BCUT2D eigenvalue weighted by molar-refractivity contribution is 5.21. The summed E-state index contributed by atoms with van der Waals surface area (Å²) in [6.45, 7) is 3.31. The van der Waals surface area contributed by atoms with Gasteiger partial charge >= 0.3 is 0 Å². The monoisotopic (exact) mass is 274 g/mol. The van der Waals surface area contributed by atoms with Crippen LogP contribution in [0.2, 0.25) is 0 Å². The molecule has 106 valence electrons. The van der Waals surface area contributed by atoms with E-state index in [1.165, 1.54) is 6.20 Å². The zero-order valence-corrected chi connectivity index (χ0v) is 11.6. The third-order valence-electron chi connectivity index (χ3n) is 3.05. The Morgan fingerprint density at radius 1 is 1.25 bits per heavy atom. The third-order valence-corrected chi connectivity index (χ3v) is 3.05. The first kappa shape index (κ1) is 14.5. The van der Waals surface area contributed by atoms with E-state index in [1.54, 1.807) is 12.3 Å². The van der Waals surface area contributed by atoms with Gasteiger partial charge in [-0.3, -0.25) is 4.98 Å². The molecule has 1 heterocycles. The van der Waals surface area contributed by atoms with Crippen LogP contribution in [0.4, 0.5) is 4.39 Å². The molecule has 2 rings (SSSR count). The fourth-order valence-corrected chi connectivity index (χ4v) is 2.09. The Kier molecular flexibility index (Phi) is 5.50. The van der Waals surface area contributed by atoms with Crippen LogP contribution in [0.3, 0.4) is 0 Å². The van der Waals surface area contributed by atoms with Gasteiger partial charge in [0.05, 0.1) is 12.8 Å². The van der Waals surface area contributed by atoms with Crippen molar-refractivity contribution in [1.29, 1.82) is 0 Å². The number of hydrogen-bond acceptors (Lipinski definition) is 3. The van der Waals surface area contributed by atoms with Gasteiger partial charge < -0.3 is 10.1 Å². The Balaban J connectivity index is 1.95. The summed E-state index contributed by atoms with van der Waals surface area (Å²) in [6.07, 6.45) is 3.56. The predicted octanol–water partition coefficient (Wildman–Crippen LogP) is 3.34. The number of ether oxygens (including phenoxy) is 1. The van der Waals surface area contributed by atoms with Gasteiger partial charge in [-0.25, -0.2) is 4.39 Å². The van der Waals surface area contributed by atoms with Crippen molar-refractivity contribution in [3.05, 3.63) is 60.2 Å². The number of halogens is 1. The molecule has 0 aliphatic rings. The molecule has 1 aromatic heterocycles. The minimum atomic E-state index is -0.279. The number of para-hydroxylation sites is 1. The maximum atomic E-state index is 13.8. The Morgan fingerprint density at radius 2 is 2.05 bits per heavy atom. The van der Waals surface area contributed by atoms with Crippen LogP contribution in [0, 0.1) is 5.82 Å². The van der Waals surface area contributed by atoms with Gasteiger partial charge in [-0.2, -0.15) is 0 Å². The van der Waals surface area contributed by atoms with E-state index in [1.807, 2.05) is 37.3 Å². The van der Waals surface area contributed by atoms with Crippen molar-refractivity contribution in [2.75, 3.05) is 13.2 Å². The summed E-state index contributed by atoms with van der Waals surface area (Å²) >= 11 is 0. The number of pyridine rings is 1. The summed E-state index contributed by atoms with van der Waals surface area (Å²) in [5.41, 5.74) is 0.638. The summed E-state index contributed by atoms with van der Waals surface area (Å²) in [5, 5.41) is 3.28. The molecule has 0 bridgehead atoms. The van der Waals surface area contributed by atoms with Crippen molar-refractivity contribution < 1.29 is 9.13 Å². The van der Waals surface area contributed by atoms with Gasteiger partial charge in [0.1, 0.15) is 11.6 Å². The highest BCUT2D eigenvalue weighted by atomic mass is 19.1. The molecular formula is C16H19FN2O. The van der Waals surface area contributed by atoms with Crippen LogP contribution >= 0.6 is 0 Å². The normalized spacial score (nSPS) is 12.1. The minimum absolute atomic E-state index is 0.0632. The summed E-state index contributed by atoms with van der Waals surface area (Å²) < 4.78 is 19.4. The lowest BCUT2D eigenvalue weighted by Crippen LogP contribution is -2.24. The van der Waals surface area contributed by atoms with E-state index >= 15 is 0 Å². The van der Waals surface area contributed by atoms with E-state index in [4.69, 9.17) is 4.74 Å². The van der Waals surface area contributed by atoms with Crippen molar-refractivity contribution in [2.45, 2.75) is 19.4 Å². The number of benzene rings is 1. The van der Waals surface area contributed by atoms with E-state index in [0.29, 0.717) is 18.6 Å². The Hall–Kier alpha value is -1.94. The van der Waals surface area contributed by atoms with Gasteiger partial charge in [-0.05, 0) is 24.7 Å². The first-order chi connectivity index (χ1) is 9.81. The van der Waals surface area contributed by atoms with Gasteiger partial charge in [0.2, 0.25) is 0 Å². The Labute approximate surface area is 118 Å². The van der Waals surface area contributed by atoms with E-state index in [9.17, 15) is 4.39 Å². The average Bonchev–Trinajstić information content (AvgIpc) is 2.48. The standard InChI is InChI=1S/C16H19FN2O/c1-2-19-16(14-8-10-18-12-15(14)17)9-11-20-13-6-4-3-5-7-13/h3-8,10,12,16,19H,2,9,11H2,1H3. The molecule has 0 saturated carbocycles. The van der Waals surface area contributed by atoms with Crippen LogP contribution in [-0.2, 0) is 0 Å². The van der Waals surface area contributed by atoms with Crippen LogP contribution in [0.1, 0.15) is 24.9 Å². The SMILES string of the molecule is CCNC(CCOc1ccccc1)c1ccncc1F. The highest BCUT2D eigenvalue weighted by Crippen LogP contribution is 2.20. The number of nitrogens with one attached hydrogen (secondary N) is 1. The highest BCUT2D eigenvalue weighted by Gasteiger charge is 2.14.